The summed E-state index contributed by atoms with van der Waals surface area (Å²) in [4.78, 5) is 11.8. The average molecular weight is 368 g/mol. The van der Waals surface area contributed by atoms with E-state index in [0.717, 1.165) is 5.56 Å². The third kappa shape index (κ3) is 5.84. The minimum Gasteiger partial charge on any atom is -0.334 e. The molecule has 2 amide bonds. The summed E-state index contributed by atoms with van der Waals surface area (Å²) in [6.07, 6.45) is 0. The van der Waals surface area contributed by atoms with Crippen molar-refractivity contribution in [3.05, 3.63) is 64.7 Å². The van der Waals surface area contributed by atoms with Gasteiger partial charge in [0, 0.05) is 17.3 Å². The lowest BCUT2D eigenvalue weighted by atomic mass is 10.1. The molecule has 0 aliphatic rings. The van der Waals surface area contributed by atoms with Crippen molar-refractivity contribution in [2.45, 2.75) is 12.3 Å². The normalized spacial score (nSPS) is 11.1. The molecular formula is C16H18ClN3O3S. The van der Waals surface area contributed by atoms with Crippen LogP contribution in [0.1, 0.15) is 11.1 Å². The SMILES string of the molecule is CNS(=O)(=O)Cc1ccc(CNC(=O)Nc2cccc(Cl)c2)cc1. The van der Waals surface area contributed by atoms with Crippen molar-refractivity contribution in [2.24, 2.45) is 0 Å². The van der Waals surface area contributed by atoms with Gasteiger partial charge < -0.3 is 10.6 Å². The second kappa shape index (κ2) is 8.14. The summed E-state index contributed by atoms with van der Waals surface area (Å²) in [7, 11) is -1.91. The van der Waals surface area contributed by atoms with Crippen LogP contribution in [0.4, 0.5) is 10.5 Å². The first kappa shape index (κ1) is 18.3. The first-order chi connectivity index (χ1) is 11.4. The highest BCUT2D eigenvalue weighted by molar-refractivity contribution is 7.88. The molecule has 2 aromatic carbocycles. The van der Waals surface area contributed by atoms with E-state index in [0.29, 0.717) is 22.8 Å². The van der Waals surface area contributed by atoms with Crippen molar-refractivity contribution in [1.29, 1.82) is 0 Å². The number of hydrogen-bond donors (Lipinski definition) is 3. The van der Waals surface area contributed by atoms with Crippen LogP contribution in [0.3, 0.4) is 0 Å². The molecule has 8 heteroatoms. The molecule has 0 radical (unpaired) electrons. The van der Waals surface area contributed by atoms with E-state index in [1.54, 1.807) is 48.5 Å². The molecule has 0 unspecified atom stereocenters. The Hall–Kier alpha value is -2.09. The van der Waals surface area contributed by atoms with Crippen molar-refractivity contribution in [3.8, 4) is 0 Å². The summed E-state index contributed by atoms with van der Waals surface area (Å²) in [5, 5.41) is 5.94. The van der Waals surface area contributed by atoms with E-state index >= 15 is 0 Å². The van der Waals surface area contributed by atoms with Crippen molar-refractivity contribution < 1.29 is 13.2 Å². The highest BCUT2D eigenvalue weighted by atomic mass is 35.5. The predicted octanol–water partition coefficient (Wildman–Crippen LogP) is 2.71. The molecule has 24 heavy (non-hydrogen) atoms. The van der Waals surface area contributed by atoms with Gasteiger partial charge in [-0.15, -0.1) is 0 Å². The highest BCUT2D eigenvalue weighted by Crippen LogP contribution is 2.14. The van der Waals surface area contributed by atoms with Gasteiger partial charge in [0.2, 0.25) is 10.0 Å². The summed E-state index contributed by atoms with van der Waals surface area (Å²) < 4.78 is 25.2. The van der Waals surface area contributed by atoms with Gasteiger partial charge in [0.15, 0.2) is 0 Å². The molecule has 0 heterocycles. The smallest absolute Gasteiger partial charge is 0.319 e. The molecule has 2 rings (SSSR count). The van der Waals surface area contributed by atoms with Crippen LogP contribution in [0.25, 0.3) is 0 Å². The van der Waals surface area contributed by atoms with Gasteiger partial charge in [-0.3, -0.25) is 0 Å². The van der Waals surface area contributed by atoms with Crippen LogP contribution in [-0.4, -0.2) is 21.5 Å². The number of urea groups is 1. The number of benzene rings is 2. The molecule has 0 saturated heterocycles. The Morgan fingerprint density at radius 2 is 1.75 bits per heavy atom. The molecule has 0 saturated carbocycles. The van der Waals surface area contributed by atoms with Gasteiger partial charge in [0.25, 0.3) is 0 Å². The van der Waals surface area contributed by atoms with E-state index in [9.17, 15) is 13.2 Å². The molecule has 0 aliphatic carbocycles. The number of carbonyl (C=O) groups excluding carboxylic acids is 1. The molecular weight excluding hydrogens is 350 g/mol. The fourth-order valence-corrected chi connectivity index (χ4v) is 2.93. The van der Waals surface area contributed by atoms with Crippen molar-refractivity contribution in [1.82, 2.24) is 10.0 Å². The lowest BCUT2D eigenvalue weighted by molar-refractivity contribution is 0.251. The molecule has 6 nitrogen and oxygen atoms in total. The lowest BCUT2D eigenvalue weighted by Gasteiger charge is -2.09. The monoisotopic (exact) mass is 367 g/mol. The zero-order valence-electron chi connectivity index (χ0n) is 13.0. The molecule has 128 valence electrons. The maximum atomic E-state index is 11.8. The summed E-state index contributed by atoms with van der Waals surface area (Å²) in [6.45, 7) is 0.325. The van der Waals surface area contributed by atoms with Gasteiger partial charge in [-0.1, -0.05) is 41.9 Å². The van der Waals surface area contributed by atoms with Gasteiger partial charge in [-0.05, 0) is 36.4 Å². The summed E-state index contributed by atoms with van der Waals surface area (Å²) in [5.41, 5.74) is 2.14. The first-order valence-corrected chi connectivity index (χ1v) is 9.20. The molecule has 0 atom stereocenters. The minimum atomic E-state index is -3.29. The summed E-state index contributed by atoms with van der Waals surface area (Å²) in [6, 6.07) is 13.5. The van der Waals surface area contributed by atoms with E-state index in [2.05, 4.69) is 15.4 Å². The third-order valence-corrected chi connectivity index (χ3v) is 4.80. The molecule has 0 bridgehead atoms. The van der Waals surface area contributed by atoms with Crippen LogP contribution in [0.15, 0.2) is 48.5 Å². The van der Waals surface area contributed by atoms with E-state index in [1.807, 2.05) is 0 Å². The highest BCUT2D eigenvalue weighted by Gasteiger charge is 2.08. The van der Waals surface area contributed by atoms with E-state index in [1.165, 1.54) is 7.05 Å². The zero-order valence-corrected chi connectivity index (χ0v) is 14.6. The Balaban J connectivity index is 1.87. The van der Waals surface area contributed by atoms with Gasteiger partial charge in [-0.25, -0.2) is 17.9 Å². The van der Waals surface area contributed by atoms with Gasteiger partial charge in [0.1, 0.15) is 0 Å². The Kier molecular flexibility index (Phi) is 6.19. The fourth-order valence-electron chi connectivity index (χ4n) is 1.97. The Morgan fingerprint density at radius 1 is 1.08 bits per heavy atom. The lowest BCUT2D eigenvalue weighted by Crippen LogP contribution is -2.28. The standard InChI is InChI=1S/C16H18ClN3O3S/c1-18-24(22,23)11-13-7-5-12(6-8-13)10-19-16(21)20-15-4-2-3-14(17)9-15/h2-9,18H,10-11H2,1H3,(H2,19,20,21). The number of nitrogens with one attached hydrogen (secondary N) is 3. The fraction of sp³-hybridized carbons (Fsp3) is 0.188. The van der Waals surface area contributed by atoms with Crippen LogP contribution >= 0.6 is 11.6 Å². The molecule has 0 spiro atoms. The first-order valence-electron chi connectivity index (χ1n) is 7.17. The number of amides is 2. The largest absolute Gasteiger partial charge is 0.334 e. The Bertz CT molecular complexity index is 808. The third-order valence-electron chi connectivity index (χ3n) is 3.23. The maximum absolute atomic E-state index is 11.8. The Morgan fingerprint density at radius 3 is 2.38 bits per heavy atom. The van der Waals surface area contributed by atoms with E-state index in [-0.39, 0.29) is 11.8 Å². The number of halogens is 1. The Labute approximate surface area is 146 Å². The van der Waals surface area contributed by atoms with Crippen LogP contribution in [0.5, 0.6) is 0 Å². The predicted molar refractivity (Wildman–Crippen MR) is 95.4 cm³/mol. The number of rotatable bonds is 6. The van der Waals surface area contributed by atoms with E-state index < -0.39 is 10.0 Å². The van der Waals surface area contributed by atoms with Crippen LogP contribution in [0.2, 0.25) is 5.02 Å². The quantitative estimate of drug-likeness (QED) is 0.733. The minimum absolute atomic E-state index is 0.0769. The summed E-state index contributed by atoms with van der Waals surface area (Å²) in [5.74, 6) is -0.0769. The summed E-state index contributed by atoms with van der Waals surface area (Å²) >= 11 is 5.85. The number of anilines is 1. The molecule has 2 aromatic rings. The molecule has 0 aromatic heterocycles. The number of sulfonamides is 1. The van der Waals surface area contributed by atoms with Crippen molar-refractivity contribution >= 4 is 33.3 Å². The van der Waals surface area contributed by atoms with Gasteiger partial charge in [0.05, 0.1) is 5.75 Å². The van der Waals surface area contributed by atoms with Crippen LogP contribution < -0.4 is 15.4 Å². The molecule has 0 fully saturated rings. The average Bonchev–Trinajstić information content (AvgIpc) is 2.54. The van der Waals surface area contributed by atoms with E-state index in [4.69, 9.17) is 11.6 Å². The molecule has 0 aliphatic heterocycles. The van der Waals surface area contributed by atoms with Gasteiger partial charge in [-0.2, -0.15) is 0 Å². The molecule has 3 N–H and O–H groups in total. The van der Waals surface area contributed by atoms with Gasteiger partial charge >= 0.3 is 6.03 Å². The van der Waals surface area contributed by atoms with Crippen molar-refractivity contribution in [3.63, 3.8) is 0 Å². The van der Waals surface area contributed by atoms with Crippen molar-refractivity contribution in [2.75, 3.05) is 12.4 Å². The topological polar surface area (TPSA) is 87.3 Å². The van der Waals surface area contributed by atoms with Crippen LogP contribution in [-0.2, 0) is 22.3 Å². The second-order valence-electron chi connectivity index (χ2n) is 5.10. The number of carbonyl (C=O) groups is 1. The van der Waals surface area contributed by atoms with Crippen LogP contribution in [0, 0.1) is 0 Å². The number of hydrogen-bond acceptors (Lipinski definition) is 3. The maximum Gasteiger partial charge on any atom is 0.319 e. The zero-order chi connectivity index (χ0) is 17.6. The second-order valence-corrected chi connectivity index (χ2v) is 7.46.